The molecule has 170 valence electrons. The molecule has 1 N–H and O–H groups in total. The lowest BCUT2D eigenvalue weighted by molar-refractivity contribution is 0.0950. The lowest BCUT2D eigenvalue weighted by Gasteiger charge is -2.07. The summed E-state index contributed by atoms with van der Waals surface area (Å²) in [5.74, 6) is 1.11. The minimum atomic E-state index is -2.92. The van der Waals surface area contributed by atoms with E-state index < -0.39 is 9.84 Å². The molecule has 32 heavy (non-hydrogen) atoms. The summed E-state index contributed by atoms with van der Waals surface area (Å²) in [5.41, 5.74) is 0.785. The molecule has 4 rings (SSSR count). The fourth-order valence-corrected chi connectivity index (χ4v) is 6.86. The van der Waals surface area contributed by atoms with Crippen molar-refractivity contribution in [1.29, 1.82) is 0 Å². The molecule has 0 bridgehead atoms. The van der Waals surface area contributed by atoms with Crippen LogP contribution in [-0.2, 0) is 35.6 Å². The van der Waals surface area contributed by atoms with Crippen LogP contribution in [0.15, 0.2) is 29.4 Å². The second-order valence-corrected chi connectivity index (χ2v) is 11.8. The second-order valence-electron chi connectivity index (χ2n) is 7.53. The van der Waals surface area contributed by atoms with Crippen molar-refractivity contribution < 1.29 is 17.6 Å². The van der Waals surface area contributed by atoms with Gasteiger partial charge in [0.25, 0.3) is 5.91 Å². The molecule has 0 saturated carbocycles. The van der Waals surface area contributed by atoms with Gasteiger partial charge in [-0.3, -0.25) is 4.79 Å². The van der Waals surface area contributed by atoms with Gasteiger partial charge >= 0.3 is 0 Å². The van der Waals surface area contributed by atoms with E-state index in [4.69, 9.17) is 0 Å². The van der Waals surface area contributed by atoms with E-state index in [0.717, 1.165) is 11.4 Å². The lowest BCUT2D eigenvalue weighted by atomic mass is 10.1. The van der Waals surface area contributed by atoms with Crippen LogP contribution in [0, 0.1) is 11.7 Å². The Labute approximate surface area is 192 Å². The highest BCUT2D eigenvalue weighted by Gasteiger charge is 2.29. The van der Waals surface area contributed by atoms with E-state index in [1.165, 1.54) is 35.2 Å². The number of amides is 1. The number of benzene rings is 1. The van der Waals surface area contributed by atoms with Gasteiger partial charge < -0.3 is 9.88 Å². The van der Waals surface area contributed by atoms with Crippen molar-refractivity contribution in [2.75, 3.05) is 11.5 Å². The zero-order valence-corrected chi connectivity index (χ0v) is 19.6. The number of sulfone groups is 1. The molecule has 3 aromatic rings. The van der Waals surface area contributed by atoms with Gasteiger partial charge in [-0.05, 0) is 30.0 Å². The summed E-state index contributed by atoms with van der Waals surface area (Å²) in [6, 6.07) is 5.90. The summed E-state index contributed by atoms with van der Waals surface area (Å²) in [4.78, 5) is 12.3. The number of nitrogens with zero attached hydrogens (tertiary/aromatic N) is 5. The number of aromatic nitrogens is 5. The third kappa shape index (κ3) is 5.70. The summed E-state index contributed by atoms with van der Waals surface area (Å²) >= 11 is 2.62. The van der Waals surface area contributed by atoms with E-state index in [9.17, 15) is 17.6 Å². The van der Waals surface area contributed by atoms with Crippen molar-refractivity contribution in [2.45, 2.75) is 30.3 Å². The van der Waals surface area contributed by atoms with Crippen LogP contribution >= 0.6 is 23.1 Å². The van der Waals surface area contributed by atoms with Gasteiger partial charge in [0.1, 0.15) is 16.6 Å². The fourth-order valence-electron chi connectivity index (χ4n) is 3.33. The largest absolute Gasteiger partial charge is 0.346 e. The topological polar surface area (TPSA) is 120 Å². The molecule has 3 heterocycles. The first-order valence-corrected chi connectivity index (χ1v) is 13.5. The number of carbonyl (C=O) groups excluding carboxylic acids is 1. The van der Waals surface area contributed by atoms with Gasteiger partial charge in [-0.15, -0.1) is 20.4 Å². The number of rotatable bonds is 8. The molecular formula is C19H21FN6O3S3. The number of carbonyl (C=O) groups is 1. The quantitative estimate of drug-likeness (QED) is 0.470. The average Bonchev–Trinajstić information content (AvgIpc) is 3.46. The molecule has 1 saturated heterocycles. The van der Waals surface area contributed by atoms with Crippen LogP contribution in [0.1, 0.15) is 32.6 Å². The SMILES string of the molecule is Cn1c(C[C@H]2CCS(=O)(=O)C2)nnc1SCc1nnc(C(=O)NCc2ccc(F)cc2)s1. The lowest BCUT2D eigenvalue weighted by Crippen LogP contribution is -2.22. The summed E-state index contributed by atoms with van der Waals surface area (Å²) in [6.45, 7) is 0.271. The summed E-state index contributed by atoms with van der Waals surface area (Å²) in [5, 5.41) is 20.8. The summed E-state index contributed by atoms with van der Waals surface area (Å²) in [7, 11) is -1.06. The van der Waals surface area contributed by atoms with Gasteiger partial charge in [0.15, 0.2) is 15.0 Å². The third-order valence-corrected chi connectivity index (χ3v) is 9.05. The molecule has 0 aliphatic carbocycles. The second kappa shape index (κ2) is 9.63. The first kappa shape index (κ1) is 22.8. The van der Waals surface area contributed by atoms with Gasteiger partial charge in [-0.2, -0.15) is 0 Å². The molecule has 1 aliphatic rings. The molecule has 1 fully saturated rings. The van der Waals surface area contributed by atoms with Gasteiger partial charge in [-0.1, -0.05) is 35.2 Å². The molecule has 13 heteroatoms. The van der Waals surface area contributed by atoms with Gasteiger partial charge in [-0.25, -0.2) is 12.8 Å². The van der Waals surface area contributed by atoms with Gasteiger partial charge in [0.2, 0.25) is 5.01 Å². The van der Waals surface area contributed by atoms with Crippen LogP contribution in [0.5, 0.6) is 0 Å². The van der Waals surface area contributed by atoms with E-state index in [0.29, 0.717) is 28.8 Å². The highest BCUT2D eigenvalue weighted by atomic mass is 32.2. The van der Waals surface area contributed by atoms with E-state index in [-0.39, 0.29) is 40.7 Å². The Morgan fingerprint density at radius 2 is 2.03 bits per heavy atom. The Bertz CT molecular complexity index is 1210. The van der Waals surface area contributed by atoms with Crippen molar-refractivity contribution in [3.05, 3.63) is 51.5 Å². The van der Waals surface area contributed by atoms with Gasteiger partial charge in [0.05, 0.1) is 17.3 Å². The standard InChI is InChI=1S/C19H21FN6O3S3/c1-26-15(8-13-6-7-32(28,29)11-13)22-25-19(26)30-10-16-23-24-18(31-16)17(27)21-9-12-2-4-14(20)5-3-12/h2-5,13H,6-11H2,1H3,(H,21,27)/t13-/m1/s1. The molecule has 1 atom stereocenters. The van der Waals surface area contributed by atoms with Crippen LogP contribution in [0.2, 0.25) is 0 Å². The molecule has 1 amide bonds. The Balaban J connectivity index is 1.29. The fraction of sp³-hybridized carbons (Fsp3) is 0.421. The van der Waals surface area contributed by atoms with Crippen molar-refractivity contribution in [1.82, 2.24) is 30.3 Å². The van der Waals surface area contributed by atoms with E-state index in [1.807, 2.05) is 11.6 Å². The van der Waals surface area contributed by atoms with Gasteiger partial charge in [0, 0.05) is 20.0 Å². The van der Waals surface area contributed by atoms with E-state index in [2.05, 4.69) is 25.7 Å². The van der Waals surface area contributed by atoms with Crippen LogP contribution in [0.25, 0.3) is 0 Å². The molecule has 9 nitrogen and oxygen atoms in total. The molecule has 1 aromatic carbocycles. The molecule has 0 unspecified atom stereocenters. The normalized spacial score (nSPS) is 17.5. The maximum absolute atomic E-state index is 13.0. The maximum Gasteiger partial charge on any atom is 0.282 e. The first-order chi connectivity index (χ1) is 15.3. The molecule has 2 aromatic heterocycles. The van der Waals surface area contributed by atoms with E-state index in [1.54, 1.807) is 12.1 Å². The van der Waals surface area contributed by atoms with Crippen molar-refractivity contribution >= 4 is 38.8 Å². The van der Waals surface area contributed by atoms with Crippen molar-refractivity contribution in [3.63, 3.8) is 0 Å². The van der Waals surface area contributed by atoms with Crippen LogP contribution < -0.4 is 5.32 Å². The predicted molar refractivity (Wildman–Crippen MR) is 119 cm³/mol. The molecular weight excluding hydrogens is 475 g/mol. The zero-order valence-electron chi connectivity index (χ0n) is 17.2. The number of nitrogens with one attached hydrogen (secondary N) is 1. The number of hydrogen-bond acceptors (Lipinski definition) is 9. The third-order valence-electron chi connectivity index (χ3n) is 5.08. The summed E-state index contributed by atoms with van der Waals surface area (Å²) < 4.78 is 38.1. The van der Waals surface area contributed by atoms with Crippen LogP contribution in [-0.4, -0.2) is 50.8 Å². The van der Waals surface area contributed by atoms with Crippen molar-refractivity contribution in [2.24, 2.45) is 13.0 Å². The number of halogens is 1. The monoisotopic (exact) mass is 496 g/mol. The van der Waals surface area contributed by atoms with E-state index >= 15 is 0 Å². The smallest absolute Gasteiger partial charge is 0.282 e. The highest BCUT2D eigenvalue weighted by molar-refractivity contribution is 7.98. The Morgan fingerprint density at radius 1 is 1.25 bits per heavy atom. The zero-order chi connectivity index (χ0) is 22.7. The average molecular weight is 497 g/mol. The highest BCUT2D eigenvalue weighted by Crippen LogP contribution is 2.26. The number of hydrogen-bond donors (Lipinski definition) is 1. The Kier molecular flexibility index (Phi) is 6.86. The molecule has 1 aliphatic heterocycles. The predicted octanol–water partition coefficient (Wildman–Crippen LogP) is 2.01. The maximum atomic E-state index is 13.0. The molecule has 0 radical (unpaired) electrons. The van der Waals surface area contributed by atoms with Crippen LogP contribution in [0.3, 0.4) is 0 Å². The Morgan fingerprint density at radius 3 is 2.75 bits per heavy atom. The molecule has 0 spiro atoms. The minimum Gasteiger partial charge on any atom is -0.346 e. The van der Waals surface area contributed by atoms with Crippen molar-refractivity contribution in [3.8, 4) is 0 Å². The van der Waals surface area contributed by atoms with Crippen LogP contribution in [0.4, 0.5) is 4.39 Å². The summed E-state index contributed by atoms with van der Waals surface area (Å²) in [6.07, 6.45) is 1.24. The minimum absolute atomic E-state index is 0.0832. The first-order valence-electron chi connectivity index (χ1n) is 9.85. The Hall–Kier alpha value is -2.38. The number of thioether (sulfide) groups is 1.